The van der Waals surface area contributed by atoms with Gasteiger partial charge in [0.05, 0.1) is 11.6 Å². The second kappa shape index (κ2) is 9.29. The summed E-state index contributed by atoms with van der Waals surface area (Å²) in [5.41, 5.74) is 3.79. The highest BCUT2D eigenvalue weighted by Crippen LogP contribution is 2.08. The van der Waals surface area contributed by atoms with Crippen molar-refractivity contribution in [3.8, 4) is 17.9 Å². The van der Waals surface area contributed by atoms with Crippen LogP contribution in [-0.4, -0.2) is 0 Å². The van der Waals surface area contributed by atoms with Gasteiger partial charge in [-0.2, -0.15) is 5.26 Å². The van der Waals surface area contributed by atoms with E-state index in [9.17, 15) is 0 Å². The Kier molecular flexibility index (Phi) is 6.70. The molecule has 23 heavy (non-hydrogen) atoms. The Morgan fingerprint density at radius 2 is 1.39 bits per heavy atom. The van der Waals surface area contributed by atoms with Crippen molar-refractivity contribution in [3.63, 3.8) is 0 Å². The molecular weight excluding hydrogens is 278 g/mol. The molecule has 0 N–H and O–H groups in total. The van der Waals surface area contributed by atoms with E-state index < -0.39 is 0 Å². The summed E-state index contributed by atoms with van der Waals surface area (Å²) in [5, 5.41) is 8.77. The van der Waals surface area contributed by atoms with Gasteiger partial charge in [-0.15, -0.1) is 0 Å². The summed E-state index contributed by atoms with van der Waals surface area (Å²) in [4.78, 5) is 0. The highest BCUT2D eigenvalue weighted by atomic mass is 14.2. The van der Waals surface area contributed by atoms with E-state index in [1.165, 1.54) is 24.8 Å². The highest BCUT2D eigenvalue weighted by Gasteiger charge is 1.91. The average Bonchev–Trinajstić information content (AvgIpc) is 2.61. The van der Waals surface area contributed by atoms with Gasteiger partial charge in [0.25, 0.3) is 0 Å². The van der Waals surface area contributed by atoms with E-state index in [4.69, 9.17) is 5.26 Å². The zero-order valence-electron chi connectivity index (χ0n) is 13.5. The molecular formula is C22H21N. The van der Waals surface area contributed by atoms with E-state index in [-0.39, 0.29) is 0 Å². The molecule has 0 unspecified atom stereocenters. The average molecular weight is 299 g/mol. The van der Waals surface area contributed by atoms with Crippen molar-refractivity contribution >= 4 is 6.08 Å². The van der Waals surface area contributed by atoms with Gasteiger partial charge in [0.2, 0.25) is 0 Å². The molecule has 0 spiro atoms. The Balaban J connectivity index is 1.95. The van der Waals surface area contributed by atoms with Crippen LogP contribution in [-0.2, 0) is 0 Å². The Bertz CT molecular complexity index is 732. The first-order valence-corrected chi connectivity index (χ1v) is 8.10. The molecule has 114 valence electrons. The quantitative estimate of drug-likeness (QED) is 0.524. The topological polar surface area (TPSA) is 23.8 Å². The molecule has 0 aliphatic rings. The normalized spacial score (nSPS) is 10.1. The number of hydrogen-bond acceptors (Lipinski definition) is 1. The fourth-order valence-corrected chi connectivity index (χ4v) is 2.18. The minimum Gasteiger partial charge on any atom is -0.192 e. The van der Waals surface area contributed by atoms with Crippen molar-refractivity contribution in [1.82, 2.24) is 0 Å². The van der Waals surface area contributed by atoms with Crippen molar-refractivity contribution < 1.29 is 0 Å². The Morgan fingerprint density at radius 3 is 1.96 bits per heavy atom. The molecule has 0 aliphatic heterocycles. The molecule has 1 heteroatoms. The van der Waals surface area contributed by atoms with E-state index in [1.54, 1.807) is 12.1 Å². The van der Waals surface area contributed by atoms with Crippen LogP contribution in [0.4, 0.5) is 0 Å². The van der Waals surface area contributed by atoms with Crippen molar-refractivity contribution in [2.45, 2.75) is 32.6 Å². The first-order chi connectivity index (χ1) is 11.3. The van der Waals surface area contributed by atoms with Crippen LogP contribution in [0.3, 0.4) is 0 Å². The second-order valence-corrected chi connectivity index (χ2v) is 5.46. The number of nitriles is 1. The predicted molar refractivity (Wildman–Crippen MR) is 96.8 cm³/mol. The summed E-state index contributed by atoms with van der Waals surface area (Å²) in [6, 6.07) is 17.7. The van der Waals surface area contributed by atoms with Crippen LogP contribution in [0.5, 0.6) is 0 Å². The largest absolute Gasteiger partial charge is 0.192 e. The van der Waals surface area contributed by atoms with Crippen LogP contribution in [0.1, 0.15) is 54.9 Å². The SMILES string of the molecule is CCCCC/C=C/c1ccc(C#Cc2ccc(C#N)cc2)cc1. The molecule has 0 fully saturated rings. The summed E-state index contributed by atoms with van der Waals surface area (Å²) in [6.07, 6.45) is 9.39. The molecule has 0 heterocycles. The van der Waals surface area contributed by atoms with Crippen LogP contribution < -0.4 is 0 Å². The van der Waals surface area contributed by atoms with Crippen LogP contribution in [0.2, 0.25) is 0 Å². The number of unbranched alkanes of at least 4 members (excludes halogenated alkanes) is 3. The van der Waals surface area contributed by atoms with Crippen molar-refractivity contribution in [1.29, 1.82) is 5.26 Å². The number of benzene rings is 2. The van der Waals surface area contributed by atoms with Gasteiger partial charge in [-0.1, -0.05) is 55.9 Å². The molecule has 0 saturated carbocycles. The maximum Gasteiger partial charge on any atom is 0.0991 e. The molecule has 1 nitrogen and oxygen atoms in total. The molecule has 2 rings (SSSR count). The van der Waals surface area contributed by atoms with Gasteiger partial charge in [-0.05, 0) is 54.8 Å². The molecule has 0 amide bonds. The number of nitrogens with zero attached hydrogens (tertiary/aromatic N) is 1. The van der Waals surface area contributed by atoms with Gasteiger partial charge >= 0.3 is 0 Å². The molecule has 0 aliphatic carbocycles. The Morgan fingerprint density at radius 1 is 0.826 bits per heavy atom. The van der Waals surface area contributed by atoms with Crippen molar-refractivity contribution in [2.24, 2.45) is 0 Å². The van der Waals surface area contributed by atoms with Gasteiger partial charge in [0.15, 0.2) is 0 Å². The van der Waals surface area contributed by atoms with Gasteiger partial charge < -0.3 is 0 Å². The first-order valence-electron chi connectivity index (χ1n) is 8.10. The van der Waals surface area contributed by atoms with E-state index in [0.717, 1.165) is 17.5 Å². The maximum absolute atomic E-state index is 8.77. The van der Waals surface area contributed by atoms with Crippen LogP contribution >= 0.6 is 0 Å². The predicted octanol–water partition coefficient (Wildman–Crippen LogP) is 5.55. The fourth-order valence-electron chi connectivity index (χ4n) is 2.18. The number of allylic oxidation sites excluding steroid dienone is 1. The monoisotopic (exact) mass is 299 g/mol. The molecule has 2 aromatic rings. The lowest BCUT2D eigenvalue weighted by Gasteiger charge is -1.95. The van der Waals surface area contributed by atoms with Crippen LogP contribution in [0.15, 0.2) is 54.6 Å². The summed E-state index contributed by atoms with van der Waals surface area (Å²) >= 11 is 0. The first kappa shape index (κ1) is 16.6. The molecule has 0 aromatic heterocycles. The van der Waals surface area contributed by atoms with E-state index in [2.05, 4.69) is 49.1 Å². The van der Waals surface area contributed by atoms with Crippen molar-refractivity contribution in [2.75, 3.05) is 0 Å². The van der Waals surface area contributed by atoms with E-state index in [0.29, 0.717) is 5.56 Å². The lowest BCUT2D eigenvalue weighted by molar-refractivity contribution is 0.730. The third-order valence-corrected chi connectivity index (χ3v) is 3.56. The van der Waals surface area contributed by atoms with Crippen LogP contribution in [0, 0.1) is 23.2 Å². The lowest BCUT2D eigenvalue weighted by Crippen LogP contribution is -1.79. The van der Waals surface area contributed by atoms with Gasteiger partial charge in [-0.25, -0.2) is 0 Å². The summed E-state index contributed by atoms with van der Waals surface area (Å²) in [6.45, 7) is 2.22. The third kappa shape index (κ3) is 5.85. The van der Waals surface area contributed by atoms with Gasteiger partial charge in [0.1, 0.15) is 0 Å². The molecule has 0 bridgehead atoms. The second-order valence-electron chi connectivity index (χ2n) is 5.46. The van der Waals surface area contributed by atoms with Gasteiger partial charge in [0, 0.05) is 11.1 Å². The lowest BCUT2D eigenvalue weighted by atomic mass is 10.1. The standard InChI is InChI=1S/C22H21N/c1-2-3-4-5-6-7-19-8-10-20(11-9-19)12-13-21-14-16-22(18-23)17-15-21/h6-11,14-17H,2-5H2,1H3/b7-6+. The van der Waals surface area contributed by atoms with Gasteiger partial charge in [-0.3, -0.25) is 0 Å². The maximum atomic E-state index is 8.77. The third-order valence-electron chi connectivity index (χ3n) is 3.56. The number of rotatable bonds is 5. The summed E-state index contributed by atoms with van der Waals surface area (Å²) in [7, 11) is 0. The fraction of sp³-hybridized carbons (Fsp3) is 0.227. The Labute approximate surface area is 139 Å². The highest BCUT2D eigenvalue weighted by molar-refractivity contribution is 5.52. The Hall–Kier alpha value is -2.77. The molecule has 0 saturated heterocycles. The zero-order valence-corrected chi connectivity index (χ0v) is 13.5. The smallest absolute Gasteiger partial charge is 0.0991 e. The summed E-state index contributed by atoms with van der Waals surface area (Å²) in [5.74, 6) is 6.27. The van der Waals surface area contributed by atoms with Crippen LogP contribution in [0.25, 0.3) is 6.08 Å². The summed E-state index contributed by atoms with van der Waals surface area (Å²) < 4.78 is 0. The zero-order chi connectivity index (χ0) is 16.3. The minimum absolute atomic E-state index is 0.658. The molecule has 0 atom stereocenters. The molecule has 2 aromatic carbocycles. The van der Waals surface area contributed by atoms with E-state index >= 15 is 0 Å². The minimum atomic E-state index is 0.658. The molecule has 0 radical (unpaired) electrons. The van der Waals surface area contributed by atoms with Crippen molar-refractivity contribution in [3.05, 3.63) is 76.9 Å². The number of hydrogen-bond donors (Lipinski definition) is 0. The van der Waals surface area contributed by atoms with E-state index in [1.807, 2.05) is 24.3 Å².